The highest BCUT2D eigenvalue weighted by Crippen LogP contribution is 2.18. The quantitative estimate of drug-likeness (QED) is 0.559. The van der Waals surface area contributed by atoms with Gasteiger partial charge in [0.05, 0.1) is 5.69 Å². The summed E-state index contributed by atoms with van der Waals surface area (Å²) in [6, 6.07) is 12.3. The smallest absolute Gasteiger partial charge is 0.130 e. The van der Waals surface area contributed by atoms with Crippen molar-refractivity contribution in [2.75, 3.05) is 11.6 Å². The Kier molecular flexibility index (Phi) is 4.16. The molecule has 6 heteroatoms. The minimum atomic E-state index is 0.730. The topological polar surface area (TPSA) is 66.5 Å². The van der Waals surface area contributed by atoms with Gasteiger partial charge in [0.2, 0.25) is 0 Å². The van der Waals surface area contributed by atoms with Crippen molar-refractivity contribution < 1.29 is 0 Å². The number of benzene rings is 1. The van der Waals surface area contributed by atoms with Crippen LogP contribution in [0.4, 0.5) is 5.82 Å². The molecule has 3 aromatic rings. The number of thioether (sulfide) groups is 1. The monoisotopic (exact) mass is 297 g/mol. The second-order valence-electron chi connectivity index (χ2n) is 4.47. The zero-order chi connectivity index (χ0) is 14.5. The lowest BCUT2D eigenvalue weighted by Gasteiger charge is -2.07. The van der Waals surface area contributed by atoms with Crippen LogP contribution >= 0.6 is 11.8 Å². The van der Waals surface area contributed by atoms with E-state index in [-0.39, 0.29) is 0 Å². The number of anilines is 1. The summed E-state index contributed by atoms with van der Waals surface area (Å²) >= 11 is 1.60. The second-order valence-corrected chi connectivity index (χ2v) is 5.29. The Morgan fingerprint density at radius 3 is 2.71 bits per heavy atom. The Morgan fingerprint density at radius 2 is 2.00 bits per heavy atom. The van der Waals surface area contributed by atoms with Crippen molar-refractivity contribution >= 4 is 17.6 Å². The highest BCUT2D eigenvalue weighted by atomic mass is 32.2. The molecule has 2 heterocycles. The fourth-order valence-corrected chi connectivity index (χ4v) is 2.34. The molecule has 3 rings (SSSR count). The van der Waals surface area contributed by atoms with Gasteiger partial charge in [-0.05, 0) is 23.4 Å². The Morgan fingerprint density at radius 1 is 1.14 bits per heavy atom. The van der Waals surface area contributed by atoms with E-state index in [1.165, 1.54) is 5.56 Å². The Balaban J connectivity index is 1.65. The van der Waals surface area contributed by atoms with Crippen LogP contribution in [0.3, 0.4) is 0 Å². The molecule has 0 atom stereocenters. The third-order valence-electron chi connectivity index (χ3n) is 3.09. The summed E-state index contributed by atoms with van der Waals surface area (Å²) in [6.45, 7) is 0.730. The molecule has 0 unspecified atom stereocenters. The molecule has 1 aromatic carbocycles. The van der Waals surface area contributed by atoms with Crippen LogP contribution in [0.5, 0.6) is 0 Å². The van der Waals surface area contributed by atoms with E-state index in [9.17, 15) is 0 Å². The second kappa shape index (κ2) is 6.41. The van der Waals surface area contributed by atoms with Gasteiger partial charge >= 0.3 is 0 Å². The minimum absolute atomic E-state index is 0.730. The Labute approximate surface area is 127 Å². The summed E-state index contributed by atoms with van der Waals surface area (Å²) in [4.78, 5) is 8.37. The van der Waals surface area contributed by atoms with Crippen LogP contribution in [0, 0.1) is 0 Å². The highest BCUT2D eigenvalue weighted by molar-refractivity contribution is 7.98. The molecule has 0 fully saturated rings. The Hall–Kier alpha value is -2.34. The summed E-state index contributed by atoms with van der Waals surface area (Å²) in [5, 5.41) is 11.2. The van der Waals surface area contributed by atoms with Crippen LogP contribution in [-0.4, -0.2) is 26.4 Å². The molecule has 0 amide bonds. The first-order valence-electron chi connectivity index (χ1n) is 6.54. The van der Waals surface area contributed by atoms with Gasteiger partial charge in [-0.3, -0.25) is 5.10 Å². The predicted octanol–water partition coefficient (Wildman–Crippen LogP) is 3.20. The van der Waals surface area contributed by atoms with Gasteiger partial charge in [-0.2, -0.15) is 5.10 Å². The lowest BCUT2D eigenvalue weighted by molar-refractivity contribution is 1.02. The third-order valence-corrected chi connectivity index (χ3v) is 3.73. The zero-order valence-corrected chi connectivity index (χ0v) is 12.4. The fraction of sp³-hybridized carbons (Fsp3) is 0.133. The van der Waals surface area contributed by atoms with E-state index in [0.717, 1.165) is 28.6 Å². The van der Waals surface area contributed by atoms with Crippen LogP contribution in [0.25, 0.3) is 11.3 Å². The number of hydrogen-bond donors (Lipinski definition) is 2. The van der Waals surface area contributed by atoms with E-state index in [2.05, 4.69) is 49.7 Å². The molecule has 5 nitrogen and oxygen atoms in total. The predicted molar refractivity (Wildman–Crippen MR) is 85.2 cm³/mol. The molecule has 2 aromatic heterocycles. The van der Waals surface area contributed by atoms with Crippen LogP contribution < -0.4 is 5.32 Å². The molecule has 0 spiro atoms. The number of aromatic amines is 1. The molecule has 0 bridgehead atoms. The number of nitrogens with one attached hydrogen (secondary N) is 2. The largest absolute Gasteiger partial charge is 0.366 e. The molecular formula is C15H15N5S. The Bertz CT molecular complexity index is 694. The first-order chi connectivity index (χ1) is 10.3. The number of nitrogens with zero attached hydrogens (tertiary/aromatic N) is 3. The van der Waals surface area contributed by atoms with E-state index in [4.69, 9.17) is 0 Å². The van der Waals surface area contributed by atoms with Crippen molar-refractivity contribution in [3.63, 3.8) is 0 Å². The molecule has 106 valence electrons. The summed E-state index contributed by atoms with van der Waals surface area (Å²) in [5.74, 6) is 0.840. The SMILES string of the molecule is CSc1cc(NCc2ccc(-c3ccn[nH]3)cc2)ncn1. The van der Waals surface area contributed by atoms with E-state index in [0.29, 0.717) is 0 Å². The van der Waals surface area contributed by atoms with Gasteiger partial charge in [-0.15, -0.1) is 11.8 Å². The van der Waals surface area contributed by atoms with Crippen molar-refractivity contribution in [2.45, 2.75) is 11.6 Å². The van der Waals surface area contributed by atoms with Gasteiger partial charge in [0.15, 0.2) is 0 Å². The molecule has 0 aliphatic heterocycles. The number of aromatic nitrogens is 4. The minimum Gasteiger partial charge on any atom is -0.366 e. The molecule has 0 saturated carbocycles. The van der Waals surface area contributed by atoms with Gasteiger partial charge < -0.3 is 5.32 Å². The van der Waals surface area contributed by atoms with E-state index >= 15 is 0 Å². The number of H-pyrrole nitrogens is 1. The van der Waals surface area contributed by atoms with Crippen molar-refractivity contribution in [1.29, 1.82) is 0 Å². The molecule has 0 aliphatic rings. The summed E-state index contributed by atoms with van der Waals surface area (Å²) < 4.78 is 0. The van der Waals surface area contributed by atoms with Crippen LogP contribution in [-0.2, 0) is 6.54 Å². The molecular weight excluding hydrogens is 282 g/mol. The number of rotatable bonds is 5. The molecule has 2 N–H and O–H groups in total. The van der Waals surface area contributed by atoms with E-state index in [1.807, 2.05) is 18.4 Å². The van der Waals surface area contributed by atoms with Crippen molar-refractivity contribution in [3.8, 4) is 11.3 Å². The van der Waals surface area contributed by atoms with Crippen LogP contribution in [0.15, 0.2) is 53.9 Å². The lowest BCUT2D eigenvalue weighted by atomic mass is 10.1. The normalized spacial score (nSPS) is 10.5. The number of hydrogen-bond acceptors (Lipinski definition) is 5. The maximum absolute atomic E-state index is 4.21. The first kappa shape index (κ1) is 13.6. The summed E-state index contributed by atoms with van der Waals surface area (Å²) in [6.07, 6.45) is 5.33. The summed E-state index contributed by atoms with van der Waals surface area (Å²) in [5.41, 5.74) is 3.35. The molecule has 0 saturated heterocycles. The highest BCUT2D eigenvalue weighted by Gasteiger charge is 2.00. The van der Waals surface area contributed by atoms with Crippen molar-refractivity contribution in [2.24, 2.45) is 0 Å². The van der Waals surface area contributed by atoms with Crippen molar-refractivity contribution in [1.82, 2.24) is 20.2 Å². The van der Waals surface area contributed by atoms with E-state index < -0.39 is 0 Å². The summed E-state index contributed by atoms with van der Waals surface area (Å²) in [7, 11) is 0. The maximum atomic E-state index is 4.21. The third kappa shape index (κ3) is 3.41. The standard InChI is InChI=1S/C15H15N5S/c1-21-15-8-14(17-10-18-15)16-9-11-2-4-12(5-3-11)13-6-7-19-20-13/h2-8,10H,9H2,1H3,(H,19,20)(H,16,17,18). The zero-order valence-electron chi connectivity index (χ0n) is 11.6. The van der Waals surface area contributed by atoms with Crippen molar-refractivity contribution in [3.05, 3.63) is 54.5 Å². The molecule has 0 radical (unpaired) electrons. The van der Waals surface area contributed by atoms with Gasteiger partial charge in [0, 0.05) is 18.8 Å². The van der Waals surface area contributed by atoms with Crippen LogP contribution in [0.1, 0.15) is 5.56 Å². The first-order valence-corrected chi connectivity index (χ1v) is 7.76. The van der Waals surface area contributed by atoms with Crippen LogP contribution in [0.2, 0.25) is 0 Å². The van der Waals surface area contributed by atoms with Gasteiger partial charge in [-0.1, -0.05) is 24.3 Å². The maximum Gasteiger partial charge on any atom is 0.130 e. The average molecular weight is 297 g/mol. The molecule has 21 heavy (non-hydrogen) atoms. The molecule has 0 aliphatic carbocycles. The van der Waals surface area contributed by atoms with Gasteiger partial charge in [-0.25, -0.2) is 9.97 Å². The van der Waals surface area contributed by atoms with Gasteiger partial charge in [0.1, 0.15) is 17.2 Å². The average Bonchev–Trinajstić information content (AvgIpc) is 3.08. The van der Waals surface area contributed by atoms with E-state index in [1.54, 1.807) is 24.3 Å². The lowest BCUT2D eigenvalue weighted by Crippen LogP contribution is -2.01. The fourth-order valence-electron chi connectivity index (χ4n) is 1.96. The van der Waals surface area contributed by atoms with Gasteiger partial charge in [0.25, 0.3) is 0 Å².